The Balaban J connectivity index is 1.98. The minimum atomic E-state index is -3.40. The lowest BCUT2D eigenvalue weighted by Crippen LogP contribution is -2.46. The lowest BCUT2D eigenvalue weighted by molar-refractivity contribution is 0.0732. The summed E-state index contributed by atoms with van der Waals surface area (Å²) in [6, 6.07) is 6.90. The molecular weight excluding hydrogens is 376 g/mol. The van der Waals surface area contributed by atoms with Gasteiger partial charge in [0.25, 0.3) is 0 Å². The van der Waals surface area contributed by atoms with Crippen molar-refractivity contribution in [2.75, 3.05) is 40.9 Å². The Morgan fingerprint density at radius 2 is 1.89 bits per heavy atom. The van der Waals surface area contributed by atoms with E-state index in [4.69, 9.17) is 4.74 Å². The van der Waals surface area contributed by atoms with Crippen molar-refractivity contribution < 1.29 is 13.2 Å². The van der Waals surface area contributed by atoms with E-state index in [1.807, 2.05) is 19.1 Å². The maximum atomic E-state index is 12.2. The number of nitrogens with one attached hydrogen (secondary N) is 2. The number of guanidine groups is 1. The second kappa shape index (κ2) is 10.2. The highest BCUT2D eigenvalue weighted by molar-refractivity contribution is 7.89. The van der Waals surface area contributed by atoms with Gasteiger partial charge in [0.05, 0.1) is 11.4 Å². The largest absolute Gasteiger partial charge is 0.385 e. The maximum absolute atomic E-state index is 12.2. The van der Waals surface area contributed by atoms with E-state index in [1.165, 1.54) is 37.7 Å². The molecular formula is C20H34N4O3S. The van der Waals surface area contributed by atoms with Gasteiger partial charge < -0.3 is 15.4 Å². The molecule has 0 aliphatic heterocycles. The van der Waals surface area contributed by atoms with Crippen LogP contribution in [-0.2, 0) is 21.3 Å². The molecule has 1 aromatic rings. The summed E-state index contributed by atoms with van der Waals surface area (Å²) < 4.78 is 30.8. The Bertz CT molecular complexity index is 741. The van der Waals surface area contributed by atoms with Crippen LogP contribution in [-0.4, -0.2) is 59.6 Å². The van der Waals surface area contributed by atoms with Gasteiger partial charge in [0.15, 0.2) is 5.96 Å². The highest BCUT2D eigenvalue weighted by Crippen LogP contribution is 2.43. The monoisotopic (exact) mass is 410 g/mol. The van der Waals surface area contributed by atoms with Crippen LogP contribution < -0.4 is 10.6 Å². The van der Waals surface area contributed by atoms with Crippen LogP contribution in [0.4, 0.5) is 0 Å². The molecule has 2 rings (SSSR count). The number of ether oxygens (including phenoxy) is 1. The first-order valence-electron chi connectivity index (χ1n) is 9.85. The summed E-state index contributed by atoms with van der Waals surface area (Å²) in [6.07, 6.45) is 4.80. The van der Waals surface area contributed by atoms with Crippen molar-refractivity contribution in [2.45, 2.75) is 44.0 Å². The van der Waals surface area contributed by atoms with E-state index in [0.717, 1.165) is 37.6 Å². The summed E-state index contributed by atoms with van der Waals surface area (Å²) >= 11 is 0. The maximum Gasteiger partial charge on any atom is 0.242 e. The van der Waals surface area contributed by atoms with Crippen LogP contribution in [0.25, 0.3) is 0 Å². The average Bonchev–Trinajstić information content (AvgIpc) is 2.65. The predicted octanol–water partition coefficient (Wildman–Crippen LogP) is 2.20. The number of rotatable bonds is 10. The highest BCUT2D eigenvalue weighted by Gasteiger charge is 2.36. The summed E-state index contributed by atoms with van der Waals surface area (Å²) in [7, 11) is 1.41. The molecule has 1 aromatic carbocycles. The fourth-order valence-electron chi connectivity index (χ4n) is 3.27. The number of hydrogen-bond donors (Lipinski definition) is 2. The van der Waals surface area contributed by atoms with Crippen LogP contribution in [0.15, 0.2) is 34.2 Å². The van der Waals surface area contributed by atoms with Crippen molar-refractivity contribution in [3.8, 4) is 0 Å². The number of nitrogens with zero attached hydrogens (tertiary/aromatic N) is 2. The normalized spacial score (nSPS) is 16.7. The molecule has 1 aliphatic carbocycles. The number of methoxy groups -OCH3 is 1. The Morgan fingerprint density at radius 3 is 2.39 bits per heavy atom. The first-order valence-corrected chi connectivity index (χ1v) is 11.3. The highest BCUT2D eigenvalue weighted by atomic mass is 32.2. The first-order chi connectivity index (χ1) is 13.3. The molecule has 0 amide bonds. The first kappa shape index (κ1) is 22.6. The fourth-order valence-corrected chi connectivity index (χ4v) is 4.17. The predicted molar refractivity (Wildman–Crippen MR) is 113 cm³/mol. The summed E-state index contributed by atoms with van der Waals surface area (Å²) in [5, 5.41) is 6.76. The van der Waals surface area contributed by atoms with Crippen molar-refractivity contribution >= 4 is 16.0 Å². The Kier molecular flexibility index (Phi) is 8.27. The minimum Gasteiger partial charge on any atom is -0.385 e. The molecule has 0 atom stereocenters. The van der Waals surface area contributed by atoms with Crippen molar-refractivity contribution in [3.05, 3.63) is 29.8 Å². The number of aliphatic imine (C=N–C) groups is 1. The molecule has 0 saturated heterocycles. The van der Waals surface area contributed by atoms with Crippen LogP contribution in [0.5, 0.6) is 0 Å². The van der Waals surface area contributed by atoms with Gasteiger partial charge >= 0.3 is 0 Å². The zero-order chi connectivity index (χ0) is 20.6. The lowest BCUT2D eigenvalue weighted by atomic mass is 9.67. The molecule has 1 fully saturated rings. The molecule has 2 N–H and O–H groups in total. The third-order valence-electron chi connectivity index (χ3n) is 5.35. The van der Waals surface area contributed by atoms with Crippen molar-refractivity contribution in [1.82, 2.24) is 14.9 Å². The van der Waals surface area contributed by atoms with Gasteiger partial charge in [0, 0.05) is 40.9 Å². The van der Waals surface area contributed by atoms with Gasteiger partial charge in [-0.3, -0.25) is 0 Å². The topological polar surface area (TPSA) is 83.0 Å². The summed E-state index contributed by atoms with van der Waals surface area (Å²) in [4.78, 5) is 4.95. The van der Waals surface area contributed by atoms with Gasteiger partial charge in [-0.2, -0.15) is 0 Å². The second-order valence-electron chi connectivity index (χ2n) is 7.58. The average molecular weight is 411 g/mol. The minimum absolute atomic E-state index is 0.292. The molecule has 158 valence electrons. The quantitative estimate of drug-likeness (QED) is 0.456. The third kappa shape index (κ3) is 5.93. The zero-order valence-corrected chi connectivity index (χ0v) is 18.3. The van der Waals surface area contributed by atoms with Gasteiger partial charge in [-0.05, 0) is 49.3 Å². The van der Waals surface area contributed by atoms with Crippen molar-refractivity contribution in [3.63, 3.8) is 0 Å². The second-order valence-corrected chi connectivity index (χ2v) is 9.73. The fraction of sp³-hybridized carbons (Fsp3) is 0.650. The molecule has 0 bridgehead atoms. The SMILES string of the molecule is CCNC(=NCc1ccc(S(=O)(=O)N(C)C)cc1)NCC1(CCOC)CCC1. The summed E-state index contributed by atoms with van der Waals surface area (Å²) in [5.74, 6) is 0.788. The molecule has 0 radical (unpaired) electrons. The van der Waals surface area contributed by atoms with Crippen molar-refractivity contribution in [2.24, 2.45) is 10.4 Å². The Hall–Kier alpha value is -1.64. The van der Waals surface area contributed by atoms with Crippen molar-refractivity contribution in [1.29, 1.82) is 0 Å². The number of sulfonamides is 1. The Labute approximate surface area is 169 Å². The number of hydrogen-bond acceptors (Lipinski definition) is 4. The van der Waals surface area contributed by atoms with E-state index in [2.05, 4.69) is 15.6 Å². The molecule has 7 nitrogen and oxygen atoms in total. The molecule has 0 unspecified atom stereocenters. The Morgan fingerprint density at radius 1 is 1.21 bits per heavy atom. The zero-order valence-electron chi connectivity index (χ0n) is 17.5. The smallest absolute Gasteiger partial charge is 0.242 e. The van der Waals surface area contributed by atoms with E-state index in [9.17, 15) is 8.42 Å². The van der Waals surface area contributed by atoms with Gasteiger partial charge in [0.2, 0.25) is 10.0 Å². The standard InChI is InChI=1S/C20H34N4O3S/c1-5-21-19(23-16-20(11-6-12-20)13-14-27-4)22-15-17-7-9-18(10-8-17)28(25,26)24(2)3/h7-10H,5-6,11-16H2,1-4H3,(H2,21,22,23). The summed E-state index contributed by atoms with van der Waals surface area (Å²) in [6.45, 7) is 5.00. The van der Waals surface area contributed by atoms with E-state index in [1.54, 1.807) is 19.2 Å². The third-order valence-corrected chi connectivity index (χ3v) is 7.18. The van der Waals surface area contributed by atoms with Crippen LogP contribution in [0.2, 0.25) is 0 Å². The van der Waals surface area contributed by atoms with Crippen LogP contribution in [0, 0.1) is 5.41 Å². The molecule has 1 aliphatic rings. The van der Waals surface area contributed by atoms with Crippen LogP contribution >= 0.6 is 0 Å². The van der Waals surface area contributed by atoms with E-state index in [0.29, 0.717) is 16.9 Å². The van der Waals surface area contributed by atoms with E-state index in [-0.39, 0.29) is 0 Å². The molecule has 8 heteroatoms. The lowest BCUT2D eigenvalue weighted by Gasteiger charge is -2.42. The van der Waals surface area contributed by atoms with Crippen LogP contribution in [0.3, 0.4) is 0 Å². The molecule has 28 heavy (non-hydrogen) atoms. The van der Waals surface area contributed by atoms with E-state index >= 15 is 0 Å². The molecule has 0 heterocycles. The molecule has 0 spiro atoms. The van der Waals surface area contributed by atoms with Gasteiger partial charge in [-0.1, -0.05) is 18.6 Å². The van der Waals surface area contributed by atoms with Gasteiger partial charge in [0.1, 0.15) is 0 Å². The molecule has 1 saturated carbocycles. The summed E-state index contributed by atoms with van der Waals surface area (Å²) in [5.41, 5.74) is 1.28. The van der Waals surface area contributed by atoms with Crippen LogP contribution in [0.1, 0.15) is 38.2 Å². The van der Waals surface area contributed by atoms with Gasteiger partial charge in [-0.25, -0.2) is 17.7 Å². The number of benzene rings is 1. The van der Waals surface area contributed by atoms with E-state index < -0.39 is 10.0 Å². The van der Waals surface area contributed by atoms with Gasteiger partial charge in [-0.15, -0.1) is 0 Å². The molecule has 0 aromatic heterocycles.